The molecule has 1 aromatic heterocycles. The summed E-state index contributed by atoms with van der Waals surface area (Å²) in [5.41, 5.74) is 1.21. The van der Waals surface area contributed by atoms with Gasteiger partial charge in [0, 0.05) is 24.0 Å². The predicted molar refractivity (Wildman–Crippen MR) is 79.5 cm³/mol. The molecule has 1 N–H and O–H groups in total. The van der Waals surface area contributed by atoms with Crippen LogP contribution >= 0.6 is 11.3 Å². The fourth-order valence-corrected chi connectivity index (χ4v) is 3.27. The molecule has 1 aliphatic rings. The Morgan fingerprint density at radius 3 is 2.72 bits per heavy atom. The van der Waals surface area contributed by atoms with Crippen LogP contribution in [0.4, 0.5) is 5.13 Å². The predicted octanol–water partition coefficient (Wildman–Crippen LogP) is 3.33. The van der Waals surface area contributed by atoms with Crippen molar-refractivity contribution in [2.75, 3.05) is 18.0 Å². The Balaban J connectivity index is 2.01. The number of aromatic nitrogens is 1. The molecule has 0 saturated heterocycles. The van der Waals surface area contributed by atoms with Crippen LogP contribution in [0.3, 0.4) is 0 Å². The van der Waals surface area contributed by atoms with Crippen LogP contribution in [0, 0.1) is 6.92 Å². The molecule has 0 unspecified atom stereocenters. The van der Waals surface area contributed by atoms with Crippen LogP contribution in [0.2, 0.25) is 0 Å². The first kappa shape index (κ1) is 13.8. The smallest absolute Gasteiger partial charge is 0.186 e. The second-order valence-corrected chi connectivity index (χ2v) is 6.17. The summed E-state index contributed by atoms with van der Waals surface area (Å²) in [5.74, 6) is 0. The number of anilines is 1. The van der Waals surface area contributed by atoms with Crippen molar-refractivity contribution in [3.8, 4) is 0 Å². The summed E-state index contributed by atoms with van der Waals surface area (Å²) >= 11 is 1.88. The monoisotopic (exact) mass is 267 g/mol. The standard InChI is InChI=1S/C14H25N3S/c1-4-8-15-10-13-11(3)16-14(18-13)17(9-5-2)12-6-7-12/h12,15H,4-10H2,1-3H3. The maximum absolute atomic E-state index is 4.77. The molecule has 1 aromatic rings. The van der Waals surface area contributed by atoms with E-state index in [1.807, 2.05) is 11.3 Å². The Hall–Kier alpha value is -0.610. The Labute approximate surface area is 115 Å². The third kappa shape index (κ3) is 3.45. The fourth-order valence-electron chi connectivity index (χ4n) is 2.14. The van der Waals surface area contributed by atoms with Crippen molar-refractivity contribution in [3.05, 3.63) is 10.6 Å². The van der Waals surface area contributed by atoms with Crippen molar-refractivity contribution in [1.82, 2.24) is 10.3 Å². The zero-order chi connectivity index (χ0) is 13.0. The van der Waals surface area contributed by atoms with E-state index in [2.05, 4.69) is 31.0 Å². The molecule has 0 spiro atoms. The Morgan fingerprint density at radius 1 is 1.33 bits per heavy atom. The van der Waals surface area contributed by atoms with Gasteiger partial charge in [-0.1, -0.05) is 13.8 Å². The Kier molecular flexibility index (Phi) is 5.01. The van der Waals surface area contributed by atoms with E-state index in [0.717, 1.165) is 25.7 Å². The average Bonchev–Trinajstić information content (AvgIpc) is 3.12. The maximum Gasteiger partial charge on any atom is 0.186 e. The van der Waals surface area contributed by atoms with E-state index in [4.69, 9.17) is 4.98 Å². The molecule has 0 radical (unpaired) electrons. The molecular weight excluding hydrogens is 242 g/mol. The molecule has 0 aromatic carbocycles. The number of nitrogens with zero attached hydrogens (tertiary/aromatic N) is 2. The van der Waals surface area contributed by atoms with E-state index in [1.54, 1.807) is 0 Å². The molecule has 1 heterocycles. The van der Waals surface area contributed by atoms with E-state index < -0.39 is 0 Å². The highest BCUT2D eigenvalue weighted by atomic mass is 32.1. The molecule has 0 bridgehead atoms. The lowest BCUT2D eigenvalue weighted by molar-refractivity contribution is 0.678. The molecule has 3 nitrogen and oxygen atoms in total. The molecule has 102 valence electrons. The van der Waals surface area contributed by atoms with Crippen molar-refractivity contribution in [1.29, 1.82) is 0 Å². The number of nitrogens with one attached hydrogen (secondary N) is 1. The number of hydrogen-bond donors (Lipinski definition) is 1. The van der Waals surface area contributed by atoms with Gasteiger partial charge in [0.25, 0.3) is 0 Å². The van der Waals surface area contributed by atoms with Crippen molar-refractivity contribution in [2.24, 2.45) is 0 Å². The van der Waals surface area contributed by atoms with Crippen molar-refractivity contribution >= 4 is 16.5 Å². The van der Waals surface area contributed by atoms with Gasteiger partial charge in [-0.2, -0.15) is 0 Å². The molecule has 18 heavy (non-hydrogen) atoms. The van der Waals surface area contributed by atoms with Gasteiger partial charge in [-0.15, -0.1) is 11.3 Å². The summed E-state index contributed by atoms with van der Waals surface area (Å²) in [6.45, 7) is 9.81. The SMILES string of the molecule is CCCNCc1sc(N(CCC)C2CC2)nc1C. The quantitative estimate of drug-likeness (QED) is 0.732. The van der Waals surface area contributed by atoms with Crippen LogP contribution in [0.5, 0.6) is 0 Å². The number of thiazole rings is 1. The Bertz CT molecular complexity index is 371. The van der Waals surface area contributed by atoms with Gasteiger partial charge in [0.05, 0.1) is 5.69 Å². The second-order valence-electron chi connectivity index (χ2n) is 5.11. The molecule has 0 atom stereocenters. The van der Waals surface area contributed by atoms with Crippen molar-refractivity contribution in [2.45, 2.75) is 59.0 Å². The van der Waals surface area contributed by atoms with Crippen molar-refractivity contribution < 1.29 is 0 Å². The van der Waals surface area contributed by atoms with Gasteiger partial charge in [0.2, 0.25) is 0 Å². The zero-order valence-corrected chi connectivity index (χ0v) is 12.6. The van der Waals surface area contributed by atoms with Crippen LogP contribution in [0.15, 0.2) is 0 Å². The van der Waals surface area contributed by atoms with Gasteiger partial charge in [-0.05, 0) is 39.2 Å². The Morgan fingerprint density at radius 2 is 2.11 bits per heavy atom. The molecule has 1 fully saturated rings. The average molecular weight is 267 g/mol. The van der Waals surface area contributed by atoms with E-state index >= 15 is 0 Å². The first-order chi connectivity index (χ1) is 8.76. The summed E-state index contributed by atoms with van der Waals surface area (Å²) in [4.78, 5) is 8.69. The normalized spacial score (nSPS) is 15.1. The summed E-state index contributed by atoms with van der Waals surface area (Å²) < 4.78 is 0. The van der Waals surface area contributed by atoms with E-state index in [1.165, 1.54) is 41.4 Å². The first-order valence-electron chi connectivity index (χ1n) is 7.19. The van der Waals surface area contributed by atoms with Gasteiger partial charge in [0.1, 0.15) is 0 Å². The van der Waals surface area contributed by atoms with Crippen LogP contribution in [0.25, 0.3) is 0 Å². The van der Waals surface area contributed by atoms with Gasteiger partial charge in [-0.3, -0.25) is 0 Å². The summed E-state index contributed by atoms with van der Waals surface area (Å²) in [5, 5.41) is 4.71. The minimum absolute atomic E-state index is 0.770. The molecule has 4 heteroatoms. The number of rotatable bonds is 8. The van der Waals surface area contributed by atoms with Gasteiger partial charge < -0.3 is 10.2 Å². The lowest BCUT2D eigenvalue weighted by Gasteiger charge is -2.20. The van der Waals surface area contributed by atoms with E-state index in [-0.39, 0.29) is 0 Å². The van der Waals surface area contributed by atoms with Gasteiger partial charge >= 0.3 is 0 Å². The maximum atomic E-state index is 4.77. The highest BCUT2D eigenvalue weighted by molar-refractivity contribution is 7.15. The molecule has 1 saturated carbocycles. The molecule has 1 aliphatic carbocycles. The van der Waals surface area contributed by atoms with Crippen LogP contribution < -0.4 is 10.2 Å². The summed E-state index contributed by atoms with van der Waals surface area (Å²) in [7, 11) is 0. The van der Waals surface area contributed by atoms with Crippen molar-refractivity contribution in [3.63, 3.8) is 0 Å². The van der Waals surface area contributed by atoms with Gasteiger partial charge in [-0.25, -0.2) is 4.98 Å². The fraction of sp³-hybridized carbons (Fsp3) is 0.786. The highest BCUT2D eigenvalue weighted by Gasteiger charge is 2.30. The summed E-state index contributed by atoms with van der Waals surface area (Å²) in [6, 6.07) is 0.770. The third-order valence-corrected chi connectivity index (χ3v) is 4.49. The van der Waals surface area contributed by atoms with E-state index in [0.29, 0.717) is 0 Å². The van der Waals surface area contributed by atoms with E-state index in [9.17, 15) is 0 Å². The van der Waals surface area contributed by atoms with Gasteiger partial charge in [0.15, 0.2) is 5.13 Å². The molecular formula is C14H25N3S. The lowest BCUT2D eigenvalue weighted by Crippen LogP contribution is -2.26. The minimum atomic E-state index is 0.770. The zero-order valence-electron chi connectivity index (χ0n) is 11.8. The summed E-state index contributed by atoms with van der Waals surface area (Å²) in [6.07, 6.45) is 5.09. The first-order valence-corrected chi connectivity index (χ1v) is 8.01. The number of hydrogen-bond acceptors (Lipinski definition) is 4. The third-order valence-electron chi connectivity index (χ3n) is 3.29. The van der Waals surface area contributed by atoms with Crippen LogP contribution in [-0.2, 0) is 6.54 Å². The topological polar surface area (TPSA) is 28.2 Å². The largest absolute Gasteiger partial charge is 0.345 e. The van der Waals surface area contributed by atoms with Crippen LogP contribution in [-0.4, -0.2) is 24.1 Å². The molecule has 0 amide bonds. The van der Waals surface area contributed by atoms with Crippen LogP contribution in [0.1, 0.15) is 50.1 Å². The minimum Gasteiger partial charge on any atom is -0.345 e. The second kappa shape index (κ2) is 6.53. The number of aryl methyl sites for hydroxylation is 1. The molecule has 0 aliphatic heterocycles. The lowest BCUT2D eigenvalue weighted by atomic mass is 10.4. The molecule has 2 rings (SSSR count). The highest BCUT2D eigenvalue weighted by Crippen LogP contribution is 2.35.